The third-order valence-corrected chi connectivity index (χ3v) is 8.52. The van der Waals surface area contributed by atoms with Crippen molar-refractivity contribution in [2.75, 3.05) is 11.9 Å². The number of alkyl halides is 3. The topological polar surface area (TPSA) is 126 Å². The normalized spacial score (nSPS) is 17.7. The van der Waals surface area contributed by atoms with E-state index in [9.17, 15) is 26.4 Å². The minimum absolute atomic E-state index is 0.0345. The third-order valence-electron chi connectivity index (χ3n) is 6.56. The van der Waals surface area contributed by atoms with Crippen LogP contribution in [-0.2, 0) is 16.2 Å². The van der Waals surface area contributed by atoms with Gasteiger partial charge >= 0.3 is 6.18 Å². The fraction of sp³-hybridized carbons (Fsp3) is 0.385. The Labute approximate surface area is 248 Å². The maximum atomic E-state index is 13.4. The Morgan fingerprint density at radius 2 is 1.88 bits per heavy atom. The third kappa shape index (κ3) is 8.15. The standard InChI is InChI=1S/C26H27BrClF3N6O3S/c1-25(2)13-15(14-32-25)9-11-18(17-5-3-6-19(33-17)26(29,30)31)34-21-7-4-8-22(36-21)41(39,40)37-24(38)16-10-12-20(27)35-23(16)28/h3-8,10,12,15,18,32H,9,11,13-14H2,1-2H3,(H,34,36)(H,37,38)/t15-,18?/m1/s1. The van der Waals surface area contributed by atoms with Crippen LogP contribution in [0.3, 0.4) is 0 Å². The number of carbonyl (C=O) groups is 1. The number of hydrogen-bond donors (Lipinski definition) is 3. The van der Waals surface area contributed by atoms with Crippen LogP contribution in [-0.4, -0.2) is 41.4 Å². The minimum Gasteiger partial charge on any atom is -0.362 e. The summed E-state index contributed by atoms with van der Waals surface area (Å²) in [5.74, 6) is -0.623. The lowest BCUT2D eigenvalue weighted by Crippen LogP contribution is -2.31. The van der Waals surface area contributed by atoms with Gasteiger partial charge in [-0.2, -0.15) is 21.6 Å². The summed E-state index contributed by atoms with van der Waals surface area (Å²) < 4.78 is 68.5. The van der Waals surface area contributed by atoms with Gasteiger partial charge in [0.25, 0.3) is 15.9 Å². The van der Waals surface area contributed by atoms with Crippen LogP contribution in [0.2, 0.25) is 5.15 Å². The van der Waals surface area contributed by atoms with Crippen molar-refractivity contribution in [2.24, 2.45) is 5.92 Å². The van der Waals surface area contributed by atoms with E-state index in [1.165, 1.54) is 42.5 Å². The lowest BCUT2D eigenvalue weighted by Gasteiger charge is -2.22. The second-order valence-electron chi connectivity index (χ2n) is 10.3. The maximum Gasteiger partial charge on any atom is 0.433 e. The number of anilines is 1. The number of pyridine rings is 3. The Morgan fingerprint density at radius 1 is 1.15 bits per heavy atom. The molecular formula is C26H27BrClF3N6O3S. The summed E-state index contributed by atoms with van der Waals surface area (Å²) >= 11 is 9.08. The summed E-state index contributed by atoms with van der Waals surface area (Å²) in [6.45, 7) is 4.96. The molecular weight excluding hydrogens is 649 g/mol. The molecule has 0 saturated carbocycles. The first-order valence-electron chi connectivity index (χ1n) is 12.5. The molecule has 3 aromatic rings. The molecule has 41 heavy (non-hydrogen) atoms. The molecule has 0 bridgehead atoms. The zero-order valence-corrected chi connectivity index (χ0v) is 25.1. The van der Waals surface area contributed by atoms with Crippen LogP contribution in [0.15, 0.2) is 58.2 Å². The number of nitrogens with zero attached hydrogens (tertiary/aromatic N) is 3. The molecule has 0 aliphatic carbocycles. The van der Waals surface area contributed by atoms with Crippen LogP contribution in [0.1, 0.15) is 60.9 Å². The quantitative estimate of drug-likeness (QED) is 0.245. The number of amides is 1. The molecule has 0 radical (unpaired) electrons. The van der Waals surface area contributed by atoms with E-state index in [1.807, 2.05) is 4.72 Å². The first kappa shape index (κ1) is 31.1. The van der Waals surface area contributed by atoms with E-state index in [0.717, 1.165) is 19.0 Å². The van der Waals surface area contributed by atoms with E-state index < -0.39 is 38.9 Å². The van der Waals surface area contributed by atoms with Gasteiger partial charge in [0.1, 0.15) is 21.3 Å². The average Bonchev–Trinajstić information content (AvgIpc) is 3.24. The summed E-state index contributed by atoms with van der Waals surface area (Å²) in [5, 5.41) is 5.81. The number of rotatable bonds is 9. The summed E-state index contributed by atoms with van der Waals surface area (Å²) in [4.78, 5) is 24.5. The van der Waals surface area contributed by atoms with Gasteiger partial charge in [0, 0.05) is 5.54 Å². The first-order valence-corrected chi connectivity index (χ1v) is 15.2. The van der Waals surface area contributed by atoms with Gasteiger partial charge < -0.3 is 10.6 Å². The Bertz CT molecular complexity index is 1540. The van der Waals surface area contributed by atoms with Crippen LogP contribution >= 0.6 is 27.5 Å². The van der Waals surface area contributed by atoms with E-state index >= 15 is 0 Å². The van der Waals surface area contributed by atoms with Crippen molar-refractivity contribution in [1.82, 2.24) is 25.0 Å². The van der Waals surface area contributed by atoms with E-state index in [4.69, 9.17) is 11.6 Å². The molecule has 1 saturated heterocycles. The van der Waals surface area contributed by atoms with Gasteiger partial charge in [0.15, 0.2) is 5.03 Å². The lowest BCUT2D eigenvalue weighted by molar-refractivity contribution is -0.141. The van der Waals surface area contributed by atoms with Crippen molar-refractivity contribution in [3.8, 4) is 0 Å². The van der Waals surface area contributed by atoms with Gasteiger partial charge in [-0.05, 0) is 97.9 Å². The van der Waals surface area contributed by atoms with Crippen molar-refractivity contribution >= 4 is 49.3 Å². The van der Waals surface area contributed by atoms with E-state index in [0.29, 0.717) is 23.4 Å². The molecule has 9 nitrogen and oxygen atoms in total. The van der Waals surface area contributed by atoms with Crippen LogP contribution in [0.25, 0.3) is 0 Å². The molecule has 1 fully saturated rings. The van der Waals surface area contributed by atoms with Gasteiger partial charge in [-0.25, -0.2) is 19.7 Å². The molecule has 1 unspecified atom stereocenters. The Hall–Kier alpha value is -2.81. The Balaban J connectivity index is 1.57. The number of nitrogens with one attached hydrogen (secondary N) is 3. The lowest BCUT2D eigenvalue weighted by atomic mass is 9.91. The van der Waals surface area contributed by atoms with Crippen LogP contribution in [0.5, 0.6) is 0 Å². The van der Waals surface area contributed by atoms with Gasteiger partial charge in [0.05, 0.1) is 17.3 Å². The molecule has 3 aromatic heterocycles. The van der Waals surface area contributed by atoms with Crippen molar-refractivity contribution in [3.05, 3.63) is 75.2 Å². The fourth-order valence-corrected chi connectivity index (χ4v) is 6.21. The number of halogens is 5. The predicted octanol–water partition coefficient (Wildman–Crippen LogP) is 5.75. The highest BCUT2D eigenvalue weighted by Crippen LogP contribution is 2.33. The zero-order chi connectivity index (χ0) is 30.0. The monoisotopic (exact) mass is 674 g/mol. The van der Waals surface area contributed by atoms with E-state index in [1.54, 1.807) is 0 Å². The first-order chi connectivity index (χ1) is 19.1. The highest BCUT2D eigenvalue weighted by Gasteiger charge is 2.34. The molecule has 220 valence electrons. The van der Waals surface area contributed by atoms with Crippen LogP contribution < -0.4 is 15.4 Å². The number of sulfonamides is 1. The second-order valence-corrected chi connectivity index (χ2v) is 13.1. The van der Waals surface area contributed by atoms with Crippen LogP contribution in [0, 0.1) is 5.92 Å². The Morgan fingerprint density at radius 3 is 2.54 bits per heavy atom. The highest BCUT2D eigenvalue weighted by atomic mass is 79.9. The second kappa shape index (κ2) is 12.2. The minimum atomic E-state index is -4.63. The van der Waals surface area contributed by atoms with Gasteiger partial charge in [-0.3, -0.25) is 4.79 Å². The molecule has 3 N–H and O–H groups in total. The van der Waals surface area contributed by atoms with Crippen molar-refractivity contribution < 1.29 is 26.4 Å². The fourth-order valence-electron chi connectivity index (χ4n) is 4.62. The predicted molar refractivity (Wildman–Crippen MR) is 151 cm³/mol. The average molecular weight is 676 g/mol. The molecule has 1 aliphatic rings. The molecule has 1 aliphatic heterocycles. The number of aromatic nitrogens is 3. The number of carbonyl (C=O) groups excluding carboxylic acids is 1. The molecule has 4 rings (SSSR count). The van der Waals surface area contributed by atoms with Crippen molar-refractivity contribution in [2.45, 2.75) is 55.9 Å². The van der Waals surface area contributed by atoms with Gasteiger partial charge in [-0.1, -0.05) is 23.7 Å². The zero-order valence-electron chi connectivity index (χ0n) is 22.0. The summed E-state index contributed by atoms with van der Waals surface area (Å²) in [5.41, 5.74) is -1.08. The summed E-state index contributed by atoms with van der Waals surface area (Å²) in [6.07, 6.45) is -2.62. The van der Waals surface area contributed by atoms with E-state index in [2.05, 4.69) is 55.4 Å². The Kier molecular flexibility index (Phi) is 9.26. The van der Waals surface area contributed by atoms with Crippen molar-refractivity contribution in [1.29, 1.82) is 0 Å². The molecule has 0 spiro atoms. The van der Waals surface area contributed by atoms with E-state index in [-0.39, 0.29) is 27.8 Å². The smallest absolute Gasteiger partial charge is 0.362 e. The maximum absolute atomic E-state index is 13.4. The number of hydrogen-bond acceptors (Lipinski definition) is 8. The highest BCUT2D eigenvalue weighted by molar-refractivity contribution is 9.10. The summed E-state index contributed by atoms with van der Waals surface area (Å²) in [7, 11) is -4.44. The molecule has 15 heteroatoms. The largest absolute Gasteiger partial charge is 0.433 e. The molecule has 1 amide bonds. The SMILES string of the molecule is CC1(C)C[C@@H](CCC(Nc2cccc(S(=O)(=O)NC(=O)c3ccc(Br)nc3Cl)n2)c2cccc(C(F)(F)F)n2)CN1. The molecule has 4 heterocycles. The van der Waals surface area contributed by atoms with Crippen molar-refractivity contribution in [3.63, 3.8) is 0 Å². The molecule has 2 atom stereocenters. The van der Waals surface area contributed by atoms with Gasteiger partial charge in [-0.15, -0.1) is 0 Å². The summed E-state index contributed by atoms with van der Waals surface area (Å²) in [6, 6.07) is 9.78. The molecule has 0 aromatic carbocycles. The van der Waals surface area contributed by atoms with Crippen LogP contribution in [0.4, 0.5) is 19.0 Å². The van der Waals surface area contributed by atoms with Gasteiger partial charge in [0.2, 0.25) is 0 Å².